The monoisotopic (exact) mass is 449 g/mol. The Morgan fingerprint density at radius 3 is 2.79 bits per heavy atom. The van der Waals surface area contributed by atoms with E-state index in [9.17, 15) is 4.79 Å². The lowest BCUT2D eigenvalue weighted by Gasteiger charge is -2.21. The molecule has 1 saturated heterocycles. The zero-order valence-electron chi connectivity index (χ0n) is 18.6. The number of nitrogens with one attached hydrogen (secondary N) is 4. The van der Waals surface area contributed by atoms with Crippen LogP contribution in [0.25, 0.3) is 0 Å². The molecule has 3 heterocycles. The maximum atomic E-state index is 12.7. The van der Waals surface area contributed by atoms with E-state index in [0.29, 0.717) is 30.2 Å². The second kappa shape index (κ2) is 10.1. The highest BCUT2D eigenvalue weighted by Gasteiger charge is 2.33. The third-order valence-electron chi connectivity index (χ3n) is 5.30. The minimum atomic E-state index is -0.370. The van der Waals surface area contributed by atoms with Gasteiger partial charge in [0.1, 0.15) is 17.7 Å². The number of carbonyl (C=O) groups excluding carboxylic acids is 1. The predicted molar refractivity (Wildman–Crippen MR) is 133 cm³/mol. The van der Waals surface area contributed by atoms with Crippen molar-refractivity contribution in [1.82, 2.24) is 20.2 Å². The topological polar surface area (TPSA) is 115 Å². The first-order chi connectivity index (χ1) is 16.0. The highest BCUT2D eigenvalue weighted by atomic mass is 16.5. The number of para-hydroxylation sites is 1. The van der Waals surface area contributed by atoms with Crippen LogP contribution < -0.4 is 20.7 Å². The van der Waals surface area contributed by atoms with Crippen molar-refractivity contribution in [3.8, 4) is 5.75 Å². The third-order valence-corrected chi connectivity index (χ3v) is 5.30. The standard InChI is InChI=1S/C24H27N7O2.2H2/c1-16-10-18(8-9-26-16)28-20-13-27-23(11-17(20)12-25)30-24(32)29-21-14-31(2)15-22(21)33-19-6-4-3-5-7-19;;/h3-13,21-22,25H,14-15H2,1-2H3,(H,26,28)(H2,27,29,30,32);2*1H/t21-,22-;;/m0../s1. The Morgan fingerprint density at radius 1 is 1.21 bits per heavy atom. The van der Waals surface area contributed by atoms with Crippen LogP contribution in [0.4, 0.5) is 22.0 Å². The number of anilines is 3. The van der Waals surface area contributed by atoms with Gasteiger partial charge in [-0.1, -0.05) is 18.2 Å². The minimum Gasteiger partial charge on any atom is -0.487 e. The van der Waals surface area contributed by atoms with Crippen molar-refractivity contribution in [2.45, 2.75) is 19.1 Å². The zero-order valence-corrected chi connectivity index (χ0v) is 18.6. The van der Waals surface area contributed by atoms with Crippen LogP contribution in [0, 0.1) is 12.3 Å². The molecule has 4 N–H and O–H groups in total. The Balaban J connectivity index is 0.00000216. The molecule has 1 fully saturated rings. The number of nitrogens with zero attached hydrogens (tertiary/aromatic N) is 3. The Bertz CT molecular complexity index is 1130. The average molecular weight is 450 g/mol. The van der Waals surface area contributed by atoms with E-state index in [-0.39, 0.29) is 21.0 Å². The average Bonchev–Trinajstić information content (AvgIpc) is 3.13. The van der Waals surface area contributed by atoms with Crippen molar-refractivity contribution in [2.75, 3.05) is 30.8 Å². The Labute approximate surface area is 195 Å². The molecule has 174 valence electrons. The maximum absolute atomic E-state index is 12.7. The van der Waals surface area contributed by atoms with E-state index < -0.39 is 0 Å². The van der Waals surface area contributed by atoms with E-state index in [0.717, 1.165) is 17.1 Å². The number of hydrogen-bond acceptors (Lipinski definition) is 7. The number of hydrogen-bond donors (Lipinski definition) is 4. The summed E-state index contributed by atoms with van der Waals surface area (Å²) in [6, 6.07) is 14.4. The van der Waals surface area contributed by atoms with E-state index in [1.165, 1.54) is 6.21 Å². The predicted octanol–water partition coefficient (Wildman–Crippen LogP) is 3.90. The molecule has 3 aromatic rings. The van der Waals surface area contributed by atoms with Gasteiger partial charge in [-0.15, -0.1) is 0 Å². The number of ether oxygens (including phenoxy) is 1. The van der Waals surface area contributed by atoms with Gasteiger partial charge in [-0.25, -0.2) is 9.78 Å². The zero-order chi connectivity index (χ0) is 23.2. The number of likely N-dealkylation sites (tertiary alicyclic amines) is 1. The summed E-state index contributed by atoms with van der Waals surface area (Å²) in [6.45, 7) is 3.30. The number of carbonyl (C=O) groups is 1. The van der Waals surface area contributed by atoms with E-state index >= 15 is 0 Å². The van der Waals surface area contributed by atoms with Gasteiger partial charge in [0, 0.05) is 45.3 Å². The Hall–Kier alpha value is -3.98. The molecule has 1 aromatic carbocycles. The van der Waals surface area contributed by atoms with Crippen molar-refractivity contribution in [3.05, 3.63) is 72.2 Å². The molecule has 0 bridgehead atoms. The van der Waals surface area contributed by atoms with Crippen LogP contribution in [0.1, 0.15) is 14.1 Å². The number of aryl methyl sites for hydroxylation is 1. The van der Waals surface area contributed by atoms with Crippen molar-refractivity contribution < 1.29 is 12.4 Å². The molecule has 2 amide bonds. The number of aromatic nitrogens is 2. The SMILES string of the molecule is Cc1cc(Nc2cnc(NC(=O)N[C@H]3CN(C)C[C@@H]3Oc3ccccc3)cc2C=N)ccn1.[HH].[HH]. The summed E-state index contributed by atoms with van der Waals surface area (Å²) in [5.41, 5.74) is 2.99. The Kier molecular flexibility index (Phi) is 6.80. The Morgan fingerprint density at radius 2 is 2.03 bits per heavy atom. The van der Waals surface area contributed by atoms with Crippen LogP contribution in [0.5, 0.6) is 5.75 Å². The minimum absolute atomic E-state index is 0. The van der Waals surface area contributed by atoms with Gasteiger partial charge < -0.3 is 25.7 Å². The summed E-state index contributed by atoms with van der Waals surface area (Å²) >= 11 is 0. The first kappa shape index (κ1) is 22.2. The summed E-state index contributed by atoms with van der Waals surface area (Å²) in [4.78, 5) is 23.3. The summed E-state index contributed by atoms with van der Waals surface area (Å²) in [6.07, 6.45) is 4.36. The van der Waals surface area contributed by atoms with Gasteiger partial charge in [-0.3, -0.25) is 10.3 Å². The van der Waals surface area contributed by atoms with Gasteiger partial charge in [0.25, 0.3) is 0 Å². The molecule has 0 radical (unpaired) electrons. The van der Waals surface area contributed by atoms with E-state index in [1.807, 2.05) is 56.4 Å². The second-order valence-corrected chi connectivity index (χ2v) is 8.01. The largest absolute Gasteiger partial charge is 0.487 e. The van der Waals surface area contributed by atoms with Crippen molar-refractivity contribution in [2.24, 2.45) is 0 Å². The van der Waals surface area contributed by atoms with Crippen LogP contribution in [0.15, 0.2) is 60.9 Å². The molecule has 9 heteroatoms. The van der Waals surface area contributed by atoms with E-state index in [4.69, 9.17) is 10.1 Å². The molecule has 2 aromatic heterocycles. The molecular formula is C24H31N7O2. The van der Waals surface area contributed by atoms with Gasteiger partial charge in [-0.2, -0.15) is 0 Å². The normalized spacial score (nSPS) is 17.9. The molecule has 1 aliphatic rings. The van der Waals surface area contributed by atoms with Crippen LogP contribution in [-0.4, -0.2) is 59.4 Å². The van der Waals surface area contributed by atoms with Gasteiger partial charge in [-0.05, 0) is 44.3 Å². The second-order valence-electron chi connectivity index (χ2n) is 8.01. The molecule has 2 atom stereocenters. The van der Waals surface area contributed by atoms with E-state index in [2.05, 4.69) is 30.8 Å². The molecule has 33 heavy (non-hydrogen) atoms. The van der Waals surface area contributed by atoms with Gasteiger partial charge in [0.15, 0.2) is 0 Å². The lowest BCUT2D eigenvalue weighted by molar-refractivity contribution is 0.182. The third kappa shape index (κ3) is 5.83. The van der Waals surface area contributed by atoms with E-state index in [1.54, 1.807) is 18.5 Å². The smallest absolute Gasteiger partial charge is 0.320 e. The maximum Gasteiger partial charge on any atom is 0.320 e. The number of amides is 2. The highest BCUT2D eigenvalue weighted by molar-refractivity contribution is 5.92. The fourth-order valence-corrected chi connectivity index (χ4v) is 3.76. The molecule has 1 aliphatic heterocycles. The van der Waals surface area contributed by atoms with Crippen LogP contribution >= 0.6 is 0 Å². The lowest BCUT2D eigenvalue weighted by atomic mass is 10.2. The lowest BCUT2D eigenvalue weighted by Crippen LogP contribution is -2.47. The van der Waals surface area contributed by atoms with Crippen LogP contribution in [0.3, 0.4) is 0 Å². The number of benzene rings is 1. The molecular weight excluding hydrogens is 418 g/mol. The number of pyridine rings is 2. The number of urea groups is 1. The molecule has 4 rings (SSSR count). The molecule has 0 saturated carbocycles. The van der Waals surface area contributed by atoms with Crippen molar-refractivity contribution in [1.29, 1.82) is 5.41 Å². The first-order valence-corrected chi connectivity index (χ1v) is 10.7. The molecule has 9 nitrogen and oxygen atoms in total. The van der Waals surface area contributed by atoms with Crippen molar-refractivity contribution >= 4 is 29.4 Å². The van der Waals surface area contributed by atoms with Gasteiger partial charge in [0.05, 0.1) is 17.9 Å². The quantitative estimate of drug-likeness (QED) is 0.407. The van der Waals surface area contributed by atoms with Gasteiger partial charge >= 0.3 is 6.03 Å². The summed E-state index contributed by atoms with van der Waals surface area (Å²) in [5, 5.41) is 16.7. The van der Waals surface area contributed by atoms with Gasteiger partial charge in [0.2, 0.25) is 0 Å². The number of likely N-dealkylation sites (N-methyl/N-ethyl adjacent to an activating group) is 1. The summed E-state index contributed by atoms with van der Waals surface area (Å²) < 4.78 is 6.08. The number of rotatable bonds is 7. The summed E-state index contributed by atoms with van der Waals surface area (Å²) in [5.74, 6) is 1.13. The first-order valence-electron chi connectivity index (χ1n) is 10.7. The van der Waals surface area contributed by atoms with Crippen LogP contribution in [-0.2, 0) is 0 Å². The summed E-state index contributed by atoms with van der Waals surface area (Å²) in [7, 11) is 1.99. The molecule has 0 aliphatic carbocycles. The molecule has 0 spiro atoms. The fraction of sp³-hybridized carbons (Fsp3) is 0.250. The highest BCUT2D eigenvalue weighted by Crippen LogP contribution is 2.22. The van der Waals surface area contributed by atoms with Crippen LogP contribution in [0.2, 0.25) is 0 Å². The fourth-order valence-electron chi connectivity index (χ4n) is 3.76. The molecule has 0 unspecified atom stereocenters. The van der Waals surface area contributed by atoms with Crippen molar-refractivity contribution in [3.63, 3.8) is 0 Å².